The van der Waals surface area contributed by atoms with Crippen LogP contribution in [0.4, 0.5) is 5.69 Å². The van der Waals surface area contributed by atoms with Crippen LogP contribution in [0.5, 0.6) is 5.75 Å². The predicted molar refractivity (Wildman–Crippen MR) is 117 cm³/mol. The lowest BCUT2D eigenvalue weighted by atomic mass is 10.0. The molecule has 2 N–H and O–H groups in total. The van der Waals surface area contributed by atoms with Crippen LogP contribution in [0.1, 0.15) is 36.9 Å². The standard InChI is InChI=1S/C22H27N3O2S/c1-16(26)24-19-9-5-18(6-10-19)22(28)23-15-21(25-13-3-4-14-25)17-7-11-20(27-2)12-8-17/h5-12,21H,3-4,13-15H2,1-2H3,(H,23,28)(H,24,26)/t21-/m1/s1. The first-order chi connectivity index (χ1) is 13.6. The summed E-state index contributed by atoms with van der Waals surface area (Å²) in [6, 6.07) is 16.2. The molecule has 28 heavy (non-hydrogen) atoms. The van der Waals surface area contributed by atoms with E-state index in [2.05, 4.69) is 27.7 Å². The zero-order chi connectivity index (χ0) is 19.9. The number of carbonyl (C=O) groups excluding carboxylic acids is 1. The van der Waals surface area contributed by atoms with Gasteiger partial charge in [0.25, 0.3) is 0 Å². The average Bonchev–Trinajstić information content (AvgIpc) is 3.23. The molecule has 0 aromatic heterocycles. The fourth-order valence-corrected chi connectivity index (χ4v) is 3.76. The summed E-state index contributed by atoms with van der Waals surface area (Å²) in [4.78, 5) is 14.4. The summed E-state index contributed by atoms with van der Waals surface area (Å²) in [6.45, 7) is 4.46. The van der Waals surface area contributed by atoms with Gasteiger partial charge in [-0.3, -0.25) is 9.69 Å². The lowest BCUT2D eigenvalue weighted by Gasteiger charge is -2.29. The Kier molecular flexibility index (Phi) is 7.01. The van der Waals surface area contributed by atoms with Gasteiger partial charge < -0.3 is 15.4 Å². The van der Waals surface area contributed by atoms with Gasteiger partial charge in [-0.05, 0) is 67.9 Å². The van der Waals surface area contributed by atoms with Crippen molar-refractivity contribution in [1.82, 2.24) is 10.2 Å². The van der Waals surface area contributed by atoms with Gasteiger partial charge in [0.2, 0.25) is 5.91 Å². The van der Waals surface area contributed by atoms with E-state index < -0.39 is 0 Å². The molecule has 0 aliphatic carbocycles. The minimum Gasteiger partial charge on any atom is -0.497 e. The third kappa shape index (κ3) is 5.30. The number of amides is 1. The molecule has 0 unspecified atom stereocenters. The van der Waals surface area contributed by atoms with E-state index in [9.17, 15) is 4.79 Å². The fourth-order valence-electron chi connectivity index (χ4n) is 3.54. The maximum Gasteiger partial charge on any atom is 0.221 e. The maximum absolute atomic E-state index is 11.1. The van der Waals surface area contributed by atoms with Gasteiger partial charge in [-0.1, -0.05) is 24.4 Å². The number of methoxy groups -OCH3 is 1. The Morgan fingerprint density at radius 1 is 1.11 bits per heavy atom. The van der Waals surface area contributed by atoms with Gasteiger partial charge in [-0.25, -0.2) is 0 Å². The Morgan fingerprint density at radius 2 is 1.75 bits per heavy atom. The third-order valence-corrected chi connectivity index (χ3v) is 5.39. The van der Waals surface area contributed by atoms with Crippen LogP contribution in [0, 0.1) is 0 Å². The van der Waals surface area contributed by atoms with Crippen molar-refractivity contribution >= 4 is 28.8 Å². The summed E-state index contributed by atoms with van der Waals surface area (Å²) in [5, 5.41) is 6.20. The summed E-state index contributed by atoms with van der Waals surface area (Å²) >= 11 is 5.60. The van der Waals surface area contributed by atoms with Crippen LogP contribution in [0.25, 0.3) is 0 Å². The summed E-state index contributed by atoms with van der Waals surface area (Å²) in [7, 11) is 1.68. The number of nitrogens with zero attached hydrogens (tertiary/aromatic N) is 1. The number of hydrogen-bond acceptors (Lipinski definition) is 4. The number of benzene rings is 2. The van der Waals surface area contributed by atoms with E-state index in [1.807, 2.05) is 36.4 Å². The number of rotatable bonds is 7. The van der Waals surface area contributed by atoms with Crippen molar-refractivity contribution < 1.29 is 9.53 Å². The van der Waals surface area contributed by atoms with Crippen molar-refractivity contribution in [2.75, 3.05) is 32.1 Å². The van der Waals surface area contributed by atoms with E-state index in [1.54, 1.807) is 7.11 Å². The quantitative estimate of drug-likeness (QED) is 0.697. The van der Waals surface area contributed by atoms with Crippen LogP contribution in [-0.2, 0) is 4.79 Å². The second-order valence-electron chi connectivity index (χ2n) is 7.00. The number of hydrogen-bond donors (Lipinski definition) is 2. The van der Waals surface area contributed by atoms with Gasteiger partial charge in [0.15, 0.2) is 0 Å². The van der Waals surface area contributed by atoms with E-state index in [1.165, 1.54) is 25.3 Å². The largest absolute Gasteiger partial charge is 0.497 e. The highest BCUT2D eigenvalue weighted by Crippen LogP contribution is 2.26. The van der Waals surface area contributed by atoms with Crippen LogP contribution >= 0.6 is 12.2 Å². The topological polar surface area (TPSA) is 53.6 Å². The lowest BCUT2D eigenvalue weighted by molar-refractivity contribution is -0.114. The van der Waals surface area contributed by atoms with Gasteiger partial charge in [0.1, 0.15) is 10.7 Å². The van der Waals surface area contributed by atoms with Crippen LogP contribution in [0.2, 0.25) is 0 Å². The van der Waals surface area contributed by atoms with Crippen LogP contribution in [-0.4, -0.2) is 42.5 Å². The van der Waals surface area contributed by atoms with Crippen LogP contribution < -0.4 is 15.4 Å². The first-order valence-electron chi connectivity index (χ1n) is 9.60. The molecule has 6 heteroatoms. The Morgan fingerprint density at radius 3 is 2.32 bits per heavy atom. The monoisotopic (exact) mass is 397 g/mol. The molecule has 1 atom stereocenters. The number of thiocarbonyl (C=S) groups is 1. The van der Waals surface area contributed by atoms with Crippen molar-refractivity contribution in [1.29, 1.82) is 0 Å². The highest BCUT2D eigenvalue weighted by molar-refractivity contribution is 7.80. The highest BCUT2D eigenvalue weighted by atomic mass is 32.1. The van der Waals surface area contributed by atoms with Crippen molar-refractivity contribution in [3.05, 3.63) is 59.7 Å². The van der Waals surface area contributed by atoms with E-state index in [-0.39, 0.29) is 11.9 Å². The zero-order valence-electron chi connectivity index (χ0n) is 16.4. The second kappa shape index (κ2) is 9.66. The van der Waals surface area contributed by atoms with E-state index in [4.69, 9.17) is 17.0 Å². The molecule has 3 rings (SSSR count). The number of likely N-dealkylation sites (tertiary alicyclic amines) is 1. The molecule has 0 radical (unpaired) electrons. The van der Waals surface area contributed by atoms with Crippen molar-refractivity contribution in [3.63, 3.8) is 0 Å². The van der Waals surface area contributed by atoms with E-state index in [0.29, 0.717) is 4.99 Å². The number of anilines is 1. The molecule has 1 saturated heterocycles. The zero-order valence-corrected chi connectivity index (χ0v) is 17.2. The summed E-state index contributed by atoms with van der Waals surface area (Å²) in [6.07, 6.45) is 2.48. The third-order valence-electron chi connectivity index (χ3n) is 5.01. The Bertz CT molecular complexity index is 800. The SMILES string of the molecule is COc1ccc([C@@H](CNC(=S)c2ccc(NC(C)=O)cc2)N2CCCC2)cc1. The lowest BCUT2D eigenvalue weighted by Crippen LogP contribution is -2.36. The van der Waals surface area contributed by atoms with Gasteiger partial charge in [-0.15, -0.1) is 0 Å². The van der Waals surface area contributed by atoms with Gasteiger partial charge >= 0.3 is 0 Å². The van der Waals surface area contributed by atoms with Gasteiger partial charge in [0, 0.05) is 24.7 Å². The molecule has 1 aliphatic heterocycles. The summed E-state index contributed by atoms with van der Waals surface area (Å²) in [5.41, 5.74) is 2.98. The molecule has 1 amide bonds. The Hall–Kier alpha value is -2.44. The van der Waals surface area contributed by atoms with Gasteiger partial charge in [0.05, 0.1) is 13.2 Å². The molecule has 0 saturated carbocycles. The molecular formula is C22H27N3O2S. The van der Waals surface area contributed by atoms with Gasteiger partial charge in [-0.2, -0.15) is 0 Å². The molecule has 1 aliphatic rings. The Balaban J connectivity index is 1.66. The summed E-state index contributed by atoms with van der Waals surface area (Å²) < 4.78 is 5.29. The van der Waals surface area contributed by atoms with Crippen LogP contribution in [0.3, 0.4) is 0 Å². The van der Waals surface area contributed by atoms with Crippen molar-refractivity contribution in [2.45, 2.75) is 25.8 Å². The molecule has 0 spiro atoms. The maximum atomic E-state index is 11.1. The first kappa shape index (κ1) is 20.3. The number of ether oxygens (including phenoxy) is 1. The smallest absolute Gasteiger partial charge is 0.221 e. The molecule has 2 aromatic rings. The minimum atomic E-state index is -0.0820. The minimum absolute atomic E-state index is 0.0820. The second-order valence-corrected chi connectivity index (χ2v) is 7.41. The Labute approximate surface area is 172 Å². The molecule has 0 bridgehead atoms. The van der Waals surface area contributed by atoms with Crippen LogP contribution in [0.15, 0.2) is 48.5 Å². The molecule has 148 valence electrons. The molecular weight excluding hydrogens is 370 g/mol. The molecule has 2 aromatic carbocycles. The number of nitrogens with one attached hydrogen (secondary N) is 2. The summed E-state index contributed by atoms with van der Waals surface area (Å²) in [5.74, 6) is 0.785. The van der Waals surface area contributed by atoms with Crippen molar-refractivity contribution in [2.24, 2.45) is 0 Å². The van der Waals surface area contributed by atoms with Crippen molar-refractivity contribution in [3.8, 4) is 5.75 Å². The predicted octanol–water partition coefficient (Wildman–Crippen LogP) is 3.76. The molecule has 1 heterocycles. The fraction of sp³-hybridized carbons (Fsp3) is 0.364. The molecule has 1 fully saturated rings. The first-order valence-corrected chi connectivity index (χ1v) is 10.0. The van der Waals surface area contributed by atoms with E-state index in [0.717, 1.165) is 36.6 Å². The normalized spacial score (nSPS) is 15.1. The number of carbonyl (C=O) groups is 1. The van der Waals surface area contributed by atoms with E-state index >= 15 is 0 Å². The molecule has 5 nitrogen and oxygen atoms in total. The highest BCUT2D eigenvalue weighted by Gasteiger charge is 2.23. The average molecular weight is 398 g/mol.